The van der Waals surface area contributed by atoms with Crippen molar-refractivity contribution >= 4 is 21.6 Å². The third-order valence-electron chi connectivity index (χ3n) is 3.56. The molecule has 1 heterocycles. The fraction of sp³-hybridized carbons (Fsp3) is 0.538. The molecule has 0 spiro atoms. The van der Waals surface area contributed by atoms with Crippen LogP contribution in [0.5, 0.6) is 5.75 Å². The molecular formula is C13H17ClF2N2O3S. The number of halogens is 3. The lowest BCUT2D eigenvalue weighted by Gasteiger charge is -2.30. The fourth-order valence-corrected chi connectivity index (χ4v) is 3.92. The SMILES string of the molecule is CC1CCNCC1NS(=O)(=O)c1ccc(OC(F)F)c(Cl)c1. The summed E-state index contributed by atoms with van der Waals surface area (Å²) in [5.74, 6) is -0.0590. The molecule has 124 valence electrons. The minimum atomic E-state index is -3.78. The Hall–Kier alpha value is -0.960. The summed E-state index contributed by atoms with van der Waals surface area (Å²) in [6.07, 6.45) is 0.870. The van der Waals surface area contributed by atoms with Gasteiger partial charge in [0.25, 0.3) is 0 Å². The zero-order valence-corrected chi connectivity index (χ0v) is 13.4. The van der Waals surface area contributed by atoms with E-state index in [4.69, 9.17) is 11.6 Å². The predicted molar refractivity (Wildman–Crippen MR) is 78.8 cm³/mol. The monoisotopic (exact) mass is 354 g/mol. The van der Waals surface area contributed by atoms with Crippen LogP contribution >= 0.6 is 11.6 Å². The van der Waals surface area contributed by atoms with Gasteiger partial charge in [0, 0.05) is 12.6 Å². The molecule has 2 rings (SSSR count). The highest BCUT2D eigenvalue weighted by atomic mass is 35.5. The molecule has 1 saturated heterocycles. The molecule has 1 fully saturated rings. The van der Waals surface area contributed by atoms with Gasteiger partial charge in [-0.25, -0.2) is 13.1 Å². The number of alkyl halides is 2. The molecule has 1 aliphatic rings. The van der Waals surface area contributed by atoms with Crippen molar-refractivity contribution in [3.8, 4) is 5.75 Å². The van der Waals surface area contributed by atoms with Crippen LogP contribution in [0.4, 0.5) is 8.78 Å². The van der Waals surface area contributed by atoms with E-state index in [1.165, 1.54) is 6.07 Å². The van der Waals surface area contributed by atoms with E-state index in [1.807, 2.05) is 6.92 Å². The summed E-state index contributed by atoms with van der Waals surface area (Å²) in [4.78, 5) is -0.0862. The number of sulfonamides is 1. The summed E-state index contributed by atoms with van der Waals surface area (Å²) in [5.41, 5.74) is 0. The molecule has 22 heavy (non-hydrogen) atoms. The highest BCUT2D eigenvalue weighted by molar-refractivity contribution is 7.89. The third kappa shape index (κ3) is 4.28. The summed E-state index contributed by atoms with van der Waals surface area (Å²) in [7, 11) is -3.78. The second kappa shape index (κ2) is 7.08. The van der Waals surface area contributed by atoms with Crippen LogP contribution in [0.15, 0.2) is 23.1 Å². The van der Waals surface area contributed by atoms with Gasteiger partial charge in [-0.3, -0.25) is 0 Å². The maximum atomic E-state index is 12.3. The summed E-state index contributed by atoms with van der Waals surface area (Å²) < 4.78 is 55.8. The number of piperidine rings is 1. The molecular weight excluding hydrogens is 338 g/mol. The van der Waals surface area contributed by atoms with Gasteiger partial charge in [0.1, 0.15) is 5.75 Å². The topological polar surface area (TPSA) is 67.4 Å². The first-order chi connectivity index (χ1) is 10.3. The van der Waals surface area contributed by atoms with Crippen LogP contribution in [0.25, 0.3) is 0 Å². The Morgan fingerprint density at radius 2 is 2.18 bits per heavy atom. The molecule has 0 aromatic heterocycles. The summed E-state index contributed by atoms with van der Waals surface area (Å²) >= 11 is 5.79. The molecule has 1 aromatic carbocycles. The fourth-order valence-electron chi connectivity index (χ4n) is 2.26. The highest BCUT2D eigenvalue weighted by Gasteiger charge is 2.27. The lowest BCUT2D eigenvalue weighted by Crippen LogP contribution is -2.50. The highest BCUT2D eigenvalue weighted by Crippen LogP contribution is 2.29. The van der Waals surface area contributed by atoms with E-state index in [9.17, 15) is 17.2 Å². The van der Waals surface area contributed by atoms with Crippen LogP contribution in [0.3, 0.4) is 0 Å². The van der Waals surface area contributed by atoms with E-state index in [1.54, 1.807) is 0 Å². The van der Waals surface area contributed by atoms with Crippen molar-refractivity contribution in [2.45, 2.75) is 30.9 Å². The van der Waals surface area contributed by atoms with E-state index in [-0.39, 0.29) is 27.6 Å². The molecule has 0 aliphatic carbocycles. The Kier molecular flexibility index (Phi) is 5.60. The van der Waals surface area contributed by atoms with Gasteiger partial charge in [-0.15, -0.1) is 0 Å². The van der Waals surface area contributed by atoms with E-state index in [0.717, 1.165) is 25.1 Å². The smallest absolute Gasteiger partial charge is 0.387 e. The maximum absolute atomic E-state index is 12.3. The van der Waals surface area contributed by atoms with Gasteiger partial charge in [0.05, 0.1) is 9.92 Å². The number of nitrogens with one attached hydrogen (secondary N) is 2. The first kappa shape index (κ1) is 17.4. The zero-order chi connectivity index (χ0) is 16.3. The largest absolute Gasteiger partial charge is 0.433 e. The van der Waals surface area contributed by atoms with Crippen LogP contribution in [-0.4, -0.2) is 34.2 Å². The Labute approximate surface area is 133 Å². The Morgan fingerprint density at radius 1 is 1.45 bits per heavy atom. The van der Waals surface area contributed by atoms with Crippen molar-refractivity contribution in [3.05, 3.63) is 23.2 Å². The van der Waals surface area contributed by atoms with Crippen molar-refractivity contribution in [1.82, 2.24) is 10.0 Å². The Bertz CT molecular complexity index is 628. The van der Waals surface area contributed by atoms with Crippen LogP contribution in [0.1, 0.15) is 13.3 Å². The van der Waals surface area contributed by atoms with Crippen LogP contribution in [0, 0.1) is 5.92 Å². The second-order valence-corrected chi connectivity index (χ2v) is 7.29. The molecule has 0 saturated carbocycles. The van der Waals surface area contributed by atoms with Gasteiger partial charge in [-0.1, -0.05) is 18.5 Å². The van der Waals surface area contributed by atoms with Gasteiger partial charge < -0.3 is 10.1 Å². The molecule has 2 atom stereocenters. The molecule has 2 N–H and O–H groups in total. The van der Waals surface area contributed by atoms with Crippen LogP contribution in [-0.2, 0) is 10.0 Å². The number of ether oxygens (including phenoxy) is 1. The minimum absolute atomic E-state index is 0.0862. The number of rotatable bonds is 5. The average molecular weight is 355 g/mol. The van der Waals surface area contributed by atoms with Crippen molar-refractivity contribution in [1.29, 1.82) is 0 Å². The van der Waals surface area contributed by atoms with E-state index in [0.29, 0.717) is 6.54 Å². The third-order valence-corrected chi connectivity index (χ3v) is 5.35. The molecule has 1 aromatic rings. The Morgan fingerprint density at radius 3 is 2.77 bits per heavy atom. The normalized spacial score (nSPS) is 22.8. The van der Waals surface area contributed by atoms with Gasteiger partial charge in [-0.2, -0.15) is 8.78 Å². The minimum Gasteiger partial charge on any atom is -0.433 e. The van der Waals surface area contributed by atoms with Crippen LogP contribution in [0.2, 0.25) is 5.02 Å². The maximum Gasteiger partial charge on any atom is 0.387 e. The number of hydrogen-bond donors (Lipinski definition) is 2. The van der Waals surface area contributed by atoms with Crippen LogP contribution < -0.4 is 14.8 Å². The summed E-state index contributed by atoms with van der Waals surface area (Å²) in [5, 5.41) is 2.94. The first-order valence-electron chi connectivity index (χ1n) is 6.77. The Balaban J connectivity index is 2.17. The van der Waals surface area contributed by atoms with E-state index < -0.39 is 16.6 Å². The molecule has 0 bridgehead atoms. The molecule has 5 nitrogen and oxygen atoms in total. The van der Waals surface area contributed by atoms with E-state index >= 15 is 0 Å². The molecule has 0 amide bonds. The quantitative estimate of drug-likeness (QED) is 0.850. The standard InChI is InChI=1S/C13H17ClF2N2O3S/c1-8-4-5-17-7-11(8)18-22(19,20)9-2-3-12(10(14)6-9)21-13(15)16/h2-3,6,8,11,13,17-18H,4-5,7H2,1H3. The molecule has 1 aliphatic heterocycles. The summed E-state index contributed by atoms with van der Waals surface area (Å²) in [6.45, 7) is 0.346. The lowest BCUT2D eigenvalue weighted by molar-refractivity contribution is -0.0498. The van der Waals surface area contributed by atoms with Crippen molar-refractivity contribution < 1.29 is 21.9 Å². The molecule has 9 heteroatoms. The summed E-state index contributed by atoms with van der Waals surface area (Å²) in [6, 6.07) is 3.18. The number of hydrogen-bond acceptors (Lipinski definition) is 4. The first-order valence-corrected chi connectivity index (χ1v) is 8.63. The lowest BCUT2D eigenvalue weighted by atomic mass is 9.96. The second-order valence-electron chi connectivity index (χ2n) is 5.17. The van der Waals surface area contributed by atoms with Gasteiger partial charge in [0.2, 0.25) is 10.0 Å². The molecule has 0 radical (unpaired) electrons. The van der Waals surface area contributed by atoms with Crippen molar-refractivity contribution in [2.75, 3.05) is 13.1 Å². The van der Waals surface area contributed by atoms with Gasteiger partial charge in [0.15, 0.2) is 0 Å². The van der Waals surface area contributed by atoms with Gasteiger partial charge in [-0.05, 0) is 37.1 Å². The van der Waals surface area contributed by atoms with E-state index in [2.05, 4.69) is 14.8 Å². The zero-order valence-electron chi connectivity index (χ0n) is 11.9. The average Bonchev–Trinajstić information content (AvgIpc) is 2.43. The number of benzene rings is 1. The molecule has 2 unspecified atom stereocenters. The van der Waals surface area contributed by atoms with Crippen molar-refractivity contribution in [2.24, 2.45) is 5.92 Å². The van der Waals surface area contributed by atoms with Crippen molar-refractivity contribution in [3.63, 3.8) is 0 Å². The predicted octanol–water partition coefficient (Wildman–Crippen LogP) is 2.22. The van der Waals surface area contributed by atoms with Gasteiger partial charge >= 0.3 is 6.61 Å².